The van der Waals surface area contributed by atoms with Gasteiger partial charge in [-0.05, 0) is 19.0 Å². The predicted molar refractivity (Wildman–Crippen MR) is 83.6 cm³/mol. The van der Waals surface area contributed by atoms with Crippen LogP contribution in [0.5, 0.6) is 0 Å². The fourth-order valence-corrected chi connectivity index (χ4v) is 3.08. The lowest BCUT2D eigenvalue weighted by molar-refractivity contribution is 0.556. The van der Waals surface area contributed by atoms with Crippen molar-refractivity contribution in [3.05, 3.63) is 21.3 Å². The summed E-state index contributed by atoms with van der Waals surface area (Å²) < 4.78 is 0. The summed E-state index contributed by atoms with van der Waals surface area (Å²) in [5.74, 6) is 0. The fourth-order valence-electron chi connectivity index (χ4n) is 2.04. The second-order valence-electron chi connectivity index (χ2n) is 4.88. The maximum Gasteiger partial charge on any atom is 0.0516 e. The Morgan fingerprint density at radius 1 is 1.06 bits per heavy atom. The van der Waals surface area contributed by atoms with E-state index in [1.807, 2.05) is 11.4 Å². The van der Waals surface area contributed by atoms with Crippen molar-refractivity contribution < 1.29 is 0 Å². The molecule has 0 bridgehead atoms. The summed E-state index contributed by atoms with van der Waals surface area (Å²) in [6.07, 6.45) is 11.1. The topological polar surface area (TPSA) is 12.0 Å². The molecule has 0 aliphatic heterocycles. The third-order valence-corrected chi connectivity index (χ3v) is 4.41. The molecule has 0 unspecified atom stereocenters. The largest absolute Gasteiger partial charge is 0.312 e. The van der Waals surface area contributed by atoms with Crippen LogP contribution < -0.4 is 5.32 Å². The van der Waals surface area contributed by atoms with E-state index in [4.69, 9.17) is 11.6 Å². The standard InChI is InChI=1S/C15H26ClNS/c1-2-3-4-5-6-7-8-9-10-17-12-15-11-14(16)13-18-15/h11,13,17H,2-10,12H2,1H3. The maximum absolute atomic E-state index is 5.88. The van der Waals surface area contributed by atoms with E-state index in [0.29, 0.717) is 0 Å². The van der Waals surface area contributed by atoms with Crippen LogP contribution in [0.2, 0.25) is 5.02 Å². The number of halogens is 1. The normalized spacial score (nSPS) is 11.0. The monoisotopic (exact) mass is 287 g/mol. The lowest BCUT2D eigenvalue weighted by Gasteiger charge is -2.03. The molecule has 0 aliphatic carbocycles. The highest BCUT2D eigenvalue weighted by molar-refractivity contribution is 7.10. The van der Waals surface area contributed by atoms with Crippen LogP contribution in [0.4, 0.5) is 0 Å². The molecule has 0 aliphatic rings. The highest BCUT2D eigenvalue weighted by atomic mass is 35.5. The van der Waals surface area contributed by atoms with Gasteiger partial charge in [-0.3, -0.25) is 0 Å². The van der Waals surface area contributed by atoms with Crippen LogP contribution in [-0.4, -0.2) is 6.54 Å². The smallest absolute Gasteiger partial charge is 0.0516 e. The number of nitrogens with one attached hydrogen (secondary N) is 1. The summed E-state index contributed by atoms with van der Waals surface area (Å²) in [5, 5.41) is 6.34. The molecule has 0 amide bonds. The minimum Gasteiger partial charge on any atom is -0.312 e. The minimum absolute atomic E-state index is 0.865. The summed E-state index contributed by atoms with van der Waals surface area (Å²) in [6.45, 7) is 4.37. The number of unbranched alkanes of at least 4 members (excludes halogenated alkanes) is 7. The van der Waals surface area contributed by atoms with Gasteiger partial charge >= 0.3 is 0 Å². The van der Waals surface area contributed by atoms with E-state index in [-0.39, 0.29) is 0 Å². The molecule has 0 aromatic carbocycles. The molecule has 0 spiro atoms. The van der Waals surface area contributed by atoms with Crippen molar-refractivity contribution in [2.24, 2.45) is 0 Å². The van der Waals surface area contributed by atoms with Gasteiger partial charge in [0.1, 0.15) is 0 Å². The van der Waals surface area contributed by atoms with Gasteiger partial charge in [0.05, 0.1) is 5.02 Å². The van der Waals surface area contributed by atoms with Crippen LogP contribution in [0.3, 0.4) is 0 Å². The van der Waals surface area contributed by atoms with E-state index in [1.54, 1.807) is 11.3 Å². The first kappa shape index (κ1) is 16.0. The summed E-state index contributed by atoms with van der Waals surface area (Å²) in [7, 11) is 0. The van der Waals surface area contributed by atoms with Crippen molar-refractivity contribution in [3.8, 4) is 0 Å². The van der Waals surface area contributed by atoms with Crippen LogP contribution in [-0.2, 0) is 6.54 Å². The molecule has 0 atom stereocenters. The summed E-state index contributed by atoms with van der Waals surface area (Å²) in [6, 6.07) is 2.05. The number of thiophene rings is 1. The van der Waals surface area contributed by atoms with Crippen LogP contribution >= 0.6 is 22.9 Å². The Bertz CT molecular complexity index is 298. The van der Waals surface area contributed by atoms with E-state index in [9.17, 15) is 0 Å². The predicted octanol–water partition coefficient (Wildman–Crippen LogP) is 5.63. The molecule has 0 saturated carbocycles. The van der Waals surface area contributed by atoms with Gasteiger partial charge in [0.2, 0.25) is 0 Å². The van der Waals surface area contributed by atoms with Crippen molar-refractivity contribution in [2.75, 3.05) is 6.54 Å². The van der Waals surface area contributed by atoms with Gasteiger partial charge in [-0.15, -0.1) is 11.3 Å². The Morgan fingerprint density at radius 2 is 1.72 bits per heavy atom. The highest BCUT2D eigenvalue weighted by Crippen LogP contribution is 2.18. The molecule has 1 heterocycles. The van der Waals surface area contributed by atoms with Gasteiger partial charge in [0.25, 0.3) is 0 Å². The van der Waals surface area contributed by atoms with Gasteiger partial charge in [-0.1, -0.05) is 63.5 Å². The minimum atomic E-state index is 0.865. The van der Waals surface area contributed by atoms with Crippen LogP contribution in [0.25, 0.3) is 0 Å². The van der Waals surface area contributed by atoms with Crippen molar-refractivity contribution in [3.63, 3.8) is 0 Å². The van der Waals surface area contributed by atoms with Crippen molar-refractivity contribution in [2.45, 2.75) is 64.8 Å². The second kappa shape index (κ2) is 10.8. The van der Waals surface area contributed by atoms with E-state index < -0.39 is 0 Å². The fraction of sp³-hybridized carbons (Fsp3) is 0.733. The van der Waals surface area contributed by atoms with Gasteiger partial charge in [-0.25, -0.2) is 0 Å². The molecule has 1 rings (SSSR count). The van der Waals surface area contributed by atoms with E-state index in [1.165, 1.54) is 56.2 Å². The summed E-state index contributed by atoms with van der Waals surface area (Å²) in [4.78, 5) is 1.33. The second-order valence-corrected chi connectivity index (χ2v) is 6.32. The molecular weight excluding hydrogens is 262 g/mol. The quantitative estimate of drug-likeness (QED) is 0.520. The highest BCUT2D eigenvalue weighted by Gasteiger charge is 1.97. The SMILES string of the molecule is CCCCCCCCCCNCc1cc(Cl)cs1. The maximum atomic E-state index is 5.88. The van der Waals surface area contributed by atoms with Gasteiger partial charge in [-0.2, -0.15) is 0 Å². The summed E-state index contributed by atoms with van der Waals surface area (Å²) in [5.41, 5.74) is 0. The molecule has 18 heavy (non-hydrogen) atoms. The van der Waals surface area contributed by atoms with Crippen molar-refractivity contribution >= 4 is 22.9 Å². The average molecular weight is 288 g/mol. The Morgan fingerprint density at radius 3 is 2.33 bits per heavy atom. The Kier molecular flexibility index (Phi) is 9.63. The lowest BCUT2D eigenvalue weighted by atomic mass is 10.1. The Hall–Kier alpha value is -0.0500. The van der Waals surface area contributed by atoms with E-state index in [2.05, 4.69) is 12.2 Å². The third-order valence-electron chi connectivity index (χ3n) is 3.13. The molecular formula is C15H26ClNS. The van der Waals surface area contributed by atoms with Crippen molar-refractivity contribution in [1.82, 2.24) is 5.32 Å². The van der Waals surface area contributed by atoms with Crippen LogP contribution in [0, 0.1) is 0 Å². The van der Waals surface area contributed by atoms with Crippen LogP contribution in [0.15, 0.2) is 11.4 Å². The first-order valence-electron chi connectivity index (χ1n) is 7.26. The lowest BCUT2D eigenvalue weighted by Crippen LogP contribution is -2.13. The molecule has 1 N–H and O–H groups in total. The zero-order chi connectivity index (χ0) is 13.1. The first-order valence-corrected chi connectivity index (χ1v) is 8.52. The first-order chi connectivity index (χ1) is 8.83. The molecule has 3 heteroatoms. The van der Waals surface area contributed by atoms with Gasteiger partial charge in [0.15, 0.2) is 0 Å². The van der Waals surface area contributed by atoms with Gasteiger partial charge < -0.3 is 5.32 Å². The Balaban J connectivity index is 1.81. The average Bonchev–Trinajstić information content (AvgIpc) is 2.77. The molecule has 0 fully saturated rings. The molecule has 104 valence electrons. The number of rotatable bonds is 11. The Labute approximate surface area is 121 Å². The summed E-state index contributed by atoms with van der Waals surface area (Å²) >= 11 is 7.61. The molecule has 0 saturated heterocycles. The zero-order valence-electron chi connectivity index (χ0n) is 11.5. The van der Waals surface area contributed by atoms with E-state index >= 15 is 0 Å². The molecule has 1 aromatic heterocycles. The van der Waals surface area contributed by atoms with Gasteiger partial charge in [0, 0.05) is 16.8 Å². The molecule has 0 radical (unpaired) electrons. The number of hydrogen-bond acceptors (Lipinski definition) is 2. The molecule has 1 nitrogen and oxygen atoms in total. The third kappa shape index (κ3) is 8.12. The molecule has 1 aromatic rings. The van der Waals surface area contributed by atoms with Crippen LogP contribution in [0.1, 0.15) is 63.2 Å². The number of hydrogen-bond donors (Lipinski definition) is 1. The van der Waals surface area contributed by atoms with E-state index in [0.717, 1.165) is 18.1 Å². The zero-order valence-corrected chi connectivity index (χ0v) is 13.1. The van der Waals surface area contributed by atoms with Crippen molar-refractivity contribution in [1.29, 1.82) is 0 Å².